The number of rotatable bonds is 3. The van der Waals surface area contributed by atoms with Crippen molar-refractivity contribution in [3.05, 3.63) is 58.4 Å². The van der Waals surface area contributed by atoms with Crippen LogP contribution in [0.25, 0.3) is 0 Å². The molecule has 0 fully saturated rings. The summed E-state index contributed by atoms with van der Waals surface area (Å²) < 4.78 is 40.1. The highest BCUT2D eigenvalue weighted by molar-refractivity contribution is 7.92. The molecule has 6 heteroatoms. The standard InChI is InChI=1S/C14H13ClFNO2S/c1-9-8-12(4-5-13(9)16)20(18,19)17-14-6-3-11(15)7-10(14)2/h3-8,17H,1-2H3. The van der Waals surface area contributed by atoms with E-state index in [0.717, 1.165) is 6.07 Å². The molecule has 0 aliphatic rings. The molecule has 0 aliphatic carbocycles. The summed E-state index contributed by atoms with van der Waals surface area (Å²) in [5.74, 6) is -0.438. The largest absolute Gasteiger partial charge is 0.279 e. The first-order chi connectivity index (χ1) is 9.29. The Balaban J connectivity index is 2.38. The second-order valence-electron chi connectivity index (χ2n) is 4.48. The van der Waals surface area contributed by atoms with Gasteiger partial charge >= 0.3 is 0 Å². The van der Waals surface area contributed by atoms with Crippen molar-refractivity contribution in [1.29, 1.82) is 0 Å². The van der Waals surface area contributed by atoms with Gasteiger partial charge in [-0.25, -0.2) is 12.8 Å². The Hall–Kier alpha value is -1.59. The van der Waals surface area contributed by atoms with E-state index in [1.165, 1.54) is 19.1 Å². The molecular formula is C14H13ClFNO2S. The maximum Gasteiger partial charge on any atom is 0.261 e. The summed E-state index contributed by atoms with van der Waals surface area (Å²) in [6.07, 6.45) is 0. The molecule has 0 bridgehead atoms. The van der Waals surface area contributed by atoms with E-state index in [0.29, 0.717) is 16.3 Å². The highest BCUT2D eigenvalue weighted by atomic mass is 35.5. The minimum atomic E-state index is -3.75. The van der Waals surface area contributed by atoms with Crippen molar-refractivity contribution in [3.63, 3.8) is 0 Å². The minimum Gasteiger partial charge on any atom is -0.279 e. The highest BCUT2D eigenvalue weighted by Gasteiger charge is 2.16. The van der Waals surface area contributed by atoms with Crippen molar-refractivity contribution in [3.8, 4) is 0 Å². The van der Waals surface area contributed by atoms with E-state index in [4.69, 9.17) is 11.6 Å². The van der Waals surface area contributed by atoms with Crippen LogP contribution in [-0.4, -0.2) is 8.42 Å². The Kier molecular flexibility index (Phi) is 4.01. The van der Waals surface area contributed by atoms with E-state index in [1.807, 2.05) is 0 Å². The third-order valence-corrected chi connectivity index (χ3v) is 4.47. The number of benzene rings is 2. The van der Waals surface area contributed by atoms with Gasteiger partial charge in [-0.05, 0) is 61.4 Å². The van der Waals surface area contributed by atoms with Gasteiger partial charge in [-0.3, -0.25) is 4.72 Å². The van der Waals surface area contributed by atoms with Crippen LogP contribution in [0.15, 0.2) is 41.3 Å². The van der Waals surface area contributed by atoms with Crippen LogP contribution in [0, 0.1) is 19.7 Å². The van der Waals surface area contributed by atoms with Gasteiger partial charge in [0.2, 0.25) is 0 Å². The number of nitrogens with one attached hydrogen (secondary N) is 1. The molecule has 20 heavy (non-hydrogen) atoms. The van der Waals surface area contributed by atoms with E-state index < -0.39 is 15.8 Å². The maximum atomic E-state index is 13.2. The highest BCUT2D eigenvalue weighted by Crippen LogP contribution is 2.23. The fourth-order valence-corrected chi connectivity index (χ4v) is 3.17. The molecule has 2 rings (SSSR count). The molecule has 0 heterocycles. The van der Waals surface area contributed by atoms with Gasteiger partial charge in [-0.1, -0.05) is 11.6 Å². The van der Waals surface area contributed by atoms with E-state index >= 15 is 0 Å². The van der Waals surface area contributed by atoms with Crippen LogP contribution in [0.5, 0.6) is 0 Å². The fraction of sp³-hybridized carbons (Fsp3) is 0.143. The summed E-state index contributed by atoms with van der Waals surface area (Å²) in [5.41, 5.74) is 1.43. The number of sulfonamides is 1. The molecule has 0 aromatic heterocycles. The van der Waals surface area contributed by atoms with Crippen LogP contribution in [0.2, 0.25) is 5.02 Å². The van der Waals surface area contributed by atoms with Gasteiger partial charge in [-0.15, -0.1) is 0 Å². The van der Waals surface area contributed by atoms with Gasteiger partial charge in [0.15, 0.2) is 0 Å². The molecule has 106 valence electrons. The van der Waals surface area contributed by atoms with Crippen LogP contribution < -0.4 is 4.72 Å². The molecule has 0 atom stereocenters. The van der Waals surface area contributed by atoms with Gasteiger partial charge in [0.25, 0.3) is 10.0 Å². The lowest BCUT2D eigenvalue weighted by Crippen LogP contribution is -2.14. The lowest BCUT2D eigenvalue weighted by Gasteiger charge is -2.11. The van der Waals surface area contributed by atoms with Gasteiger partial charge in [-0.2, -0.15) is 0 Å². The predicted molar refractivity (Wildman–Crippen MR) is 78.1 cm³/mol. The second kappa shape index (κ2) is 5.42. The molecule has 0 unspecified atom stereocenters. The maximum absolute atomic E-state index is 13.2. The number of aryl methyl sites for hydroxylation is 2. The number of hydrogen-bond donors (Lipinski definition) is 1. The Labute approximate surface area is 122 Å². The summed E-state index contributed by atoms with van der Waals surface area (Å²) in [5, 5.41) is 0.531. The molecule has 0 radical (unpaired) electrons. The van der Waals surface area contributed by atoms with E-state index in [9.17, 15) is 12.8 Å². The van der Waals surface area contributed by atoms with Crippen molar-refractivity contribution < 1.29 is 12.8 Å². The van der Waals surface area contributed by atoms with E-state index in [2.05, 4.69) is 4.72 Å². The first kappa shape index (κ1) is 14.8. The Morgan fingerprint density at radius 1 is 1.05 bits per heavy atom. The zero-order chi connectivity index (χ0) is 14.9. The monoisotopic (exact) mass is 313 g/mol. The summed E-state index contributed by atoms with van der Waals surface area (Å²) >= 11 is 5.82. The Morgan fingerprint density at radius 3 is 2.35 bits per heavy atom. The molecule has 2 aromatic rings. The predicted octanol–water partition coefficient (Wildman–Crippen LogP) is 3.90. The van der Waals surface area contributed by atoms with E-state index in [1.54, 1.807) is 25.1 Å². The van der Waals surface area contributed by atoms with Crippen molar-refractivity contribution in [2.75, 3.05) is 4.72 Å². The molecule has 0 spiro atoms. The molecular weight excluding hydrogens is 301 g/mol. The van der Waals surface area contributed by atoms with Crippen LogP contribution in [-0.2, 0) is 10.0 Å². The van der Waals surface area contributed by atoms with Gasteiger partial charge in [0.1, 0.15) is 5.82 Å². The molecule has 2 aromatic carbocycles. The zero-order valence-corrected chi connectivity index (χ0v) is 12.5. The summed E-state index contributed by atoms with van der Waals surface area (Å²) in [6.45, 7) is 3.27. The fourth-order valence-electron chi connectivity index (χ4n) is 1.73. The first-order valence-electron chi connectivity index (χ1n) is 5.85. The molecule has 0 saturated carbocycles. The zero-order valence-electron chi connectivity index (χ0n) is 10.9. The summed E-state index contributed by atoms with van der Waals surface area (Å²) in [7, 11) is -3.75. The summed E-state index contributed by atoms with van der Waals surface area (Å²) in [6, 6.07) is 8.51. The van der Waals surface area contributed by atoms with Crippen LogP contribution >= 0.6 is 11.6 Å². The Bertz CT molecular complexity index is 760. The van der Waals surface area contributed by atoms with Crippen LogP contribution in [0.3, 0.4) is 0 Å². The molecule has 1 N–H and O–H groups in total. The lowest BCUT2D eigenvalue weighted by atomic mass is 10.2. The van der Waals surface area contributed by atoms with Gasteiger partial charge in [0, 0.05) is 5.02 Å². The van der Waals surface area contributed by atoms with Crippen LogP contribution in [0.1, 0.15) is 11.1 Å². The lowest BCUT2D eigenvalue weighted by molar-refractivity contribution is 0.598. The topological polar surface area (TPSA) is 46.2 Å². The minimum absolute atomic E-state index is 0.0192. The van der Waals surface area contributed by atoms with E-state index in [-0.39, 0.29) is 10.5 Å². The molecule has 3 nitrogen and oxygen atoms in total. The molecule has 0 saturated heterocycles. The smallest absolute Gasteiger partial charge is 0.261 e. The van der Waals surface area contributed by atoms with Crippen molar-refractivity contribution >= 4 is 27.3 Å². The quantitative estimate of drug-likeness (QED) is 0.934. The van der Waals surface area contributed by atoms with Crippen molar-refractivity contribution in [2.45, 2.75) is 18.7 Å². The number of anilines is 1. The number of hydrogen-bond acceptors (Lipinski definition) is 2. The third kappa shape index (κ3) is 3.11. The van der Waals surface area contributed by atoms with Crippen molar-refractivity contribution in [2.24, 2.45) is 0 Å². The van der Waals surface area contributed by atoms with Gasteiger partial charge in [0.05, 0.1) is 10.6 Å². The molecule has 0 aliphatic heterocycles. The normalized spacial score (nSPS) is 11.4. The number of halogens is 2. The van der Waals surface area contributed by atoms with Gasteiger partial charge < -0.3 is 0 Å². The third-order valence-electron chi connectivity index (χ3n) is 2.87. The molecule has 0 amide bonds. The Morgan fingerprint density at radius 2 is 1.75 bits per heavy atom. The average molecular weight is 314 g/mol. The van der Waals surface area contributed by atoms with Crippen molar-refractivity contribution in [1.82, 2.24) is 0 Å². The summed E-state index contributed by atoms with van der Waals surface area (Å²) in [4.78, 5) is 0.0192. The SMILES string of the molecule is Cc1cc(S(=O)(=O)Nc2ccc(Cl)cc2C)ccc1F. The second-order valence-corrected chi connectivity index (χ2v) is 6.59. The first-order valence-corrected chi connectivity index (χ1v) is 7.71. The van der Waals surface area contributed by atoms with Crippen LogP contribution in [0.4, 0.5) is 10.1 Å². The average Bonchev–Trinajstić information content (AvgIpc) is 2.36.